The number of halogens is 9. The van der Waals surface area contributed by atoms with E-state index in [0.717, 1.165) is 44.9 Å². The molecule has 0 spiro atoms. The summed E-state index contributed by atoms with van der Waals surface area (Å²) in [6.45, 7) is 13.9. The first-order chi connectivity index (χ1) is 59.4. The monoisotopic (exact) mass is 1830 g/mol. The van der Waals surface area contributed by atoms with Gasteiger partial charge in [0.2, 0.25) is 59.7 Å². The van der Waals surface area contributed by atoms with Crippen LogP contribution in [0.1, 0.15) is 275 Å². The summed E-state index contributed by atoms with van der Waals surface area (Å²) in [5.74, 6) is -6.89. The molecule has 0 fully saturated rings. The van der Waals surface area contributed by atoms with Gasteiger partial charge in [-0.2, -0.15) is 39.5 Å². The molecular weight excluding hydrogens is 1730 g/mol. The zero-order valence-electron chi connectivity index (χ0n) is 71.2. The molecule has 0 saturated carbocycles. The van der Waals surface area contributed by atoms with Crippen molar-refractivity contribution in [2.75, 3.05) is 0 Å². The molecule has 11 N–H and O–H groups in total. The van der Waals surface area contributed by atoms with E-state index in [4.69, 9.17) is 46.0 Å². The summed E-state index contributed by atoms with van der Waals surface area (Å²) in [4.78, 5) is 219. The molecule has 11 rings (SSSR count). The summed E-state index contributed by atoms with van der Waals surface area (Å²) in [5, 5.41) is 94.5. The van der Waals surface area contributed by atoms with Gasteiger partial charge < -0.3 is 56.2 Å². The third-order valence-electron chi connectivity index (χ3n) is 19.9. The Morgan fingerprint density at radius 1 is 0.164 bits per heavy atom. The molecule has 0 atom stereocenters. The largest absolute Gasteiger partial charge is 0.504 e. The molecule has 0 aliphatic carbocycles. The Hall–Kier alpha value is -12.6. The molecule has 11 aromatic carbocycles. The van der Waals surface area contributed by atoms with Gasteiger partial charge in [0.25, 0.3) is 54.3 Å². The fraction of sp³-hybridized carbons (Fsp3) is 0.506. The lowest BCUT2D eigenvalue weighted by atomic mass is 10.0. The van der Waals surface area contributed by atoms with Crippen LogP contribution in [0.25, 0.3) is 0 Å². The zero-order valence-corrected chi connectivity index (χ0v) is 71.2. The highest BCUT2D eigenvalue weighted by Gasteiger charge is 2.46. The molecule has 11 aromatic rings. The summed E-state index contributed by atoms with van der Waals surface area (Å²) < 4.78 is 104. The molecule has 0 radical (unpaired) electrons. The maximum Gasteiger partial charge on any atom is 0.424 e. The van der Waals surface area contributed by atoms with Crippen molar-refractivity contribution in [3.05, 3.63) is 276 Å². The van der Waals surface area contributed by atoms with Crippen molar-refractivity contribution in [3.8, 4) is 63.2 Å². The third-order valence-corrected chi connectivity index (χ3v) is 19.9. The molecule has 0 aliphatic heterocycles. The van der Waals surface area contributed by atoms with Crippen LogP contribution >= 0.6 is 0 Å². The molecule has 0 amide bonds. The number of aromatic hydroxyl groups is 11. The lowest BCUT2D eigenvalue weighted by Gasteiger charge is -2.07. The third kappa shape index (κ3) is 33.9. The summed E-state index contributed by atoms with van der Waals surface area (Å²) in [6, 6.07) is 0. The van der Waals surface area contributed by atoms with Gasteiger partial charge in [-0.3, -0.25) is 101 Å². The number of unbranched alkanes of at least 4 members (excludes halogenated alkanes) is 27. The highest BCUT2D eigenvalue weighted by molar-refractivity contribution is 5.48. The van der Waals surface area contributed by atoms with E-state index in [2.05, 4.69) is 20.8 Å². The Morgan fingerprint density at radius 3 is 0.430 bits per heavy atom. The van der Waals surface area contributed by atoms with Gasteiger partial charge in [-0.1, -0.05) is 194 Å². The minimum absolute atomic E-state index is 0.0181. The molecule has 0 unspecified atom stereocenters. The number of rotatable bonds is 33. The summed E-state index contributed by atoms with van der Waals surface area (Å²) in [7, 11) is 0. The van der Waals surface area contributed by atoms with Crippen LogP contribution in [0.4, 0.5) is 39.5 Å². The van der Waals surface area contributed by atoms with E-state index in [1.54, 1.807) is 13.8 Å². The molecule has 0 bridgehead atoms. The van der Waals surface area contributed by atoms with Gasteiger partial charge >= 0.3 is 18.5 Å². The van der Waals surface area contributed by atoms with Crippen molar-refractivity contribution in [2.45, 2.75) is 286 Å². The first-order valence-electron chi connectivity index (χ1n) is 40.6. The second kappa shape index (κ2) is 52.5. The normalized spacial score (nSPS) is 11.2. The van der Waals surface area contributed by atoms with Crippen LogP contribution in [0.15, 0.2) is 101 Å². The molecule has 0 aliphatic rings. The predicted molar refractivity (Wildman–Crippen MR) is 452 cm³/mol. The Morgan fingerprint density at radius 2 is 0.305 bits per heavy atom. The minimum atomic E-state index is -5.18. The first kappa shape index (κ1) is 113. The van der Waals surface area contributed by atoms with E-state index in [9.17, 15) is 150 Å². The van der Waals surface area contributed by atoms with Crippen LogP contribution in [0.3, 0.4) is 0 Å². The topological polar surface area (TPSA) is 581 Å². The molecule has 32 nitrogen and oxygen atoms in total. The Bertz CT molecular complexity index is 6010. The Balaban J connectivity index is 0.000000719. The lowest BCUT2D eigenvalue weighted by molar-refractivity contribution is -0.141. The molecule has 128 heavy (non-hydrogen) atoms. The van der Waals surface area contributed by atoms with Gasteiger partial charge in [0.15, 0.2) is 79.9 Å². The average molecular weight is 1830 g/mol. The zero-order chi connectivity index (χ0) is 98.7. The van der Waals surface area contributed by atoms with E-state index in [-0.39, 0.29) is 73.0 Å². The molecule has 704 valence electrons. The van der Waals surface area contributed by atoms with Crippen molar-refractivity contribution in [1.29, 1.82) is 0 Å². The number of hydrogen-bond acceptors (Lipinski definition) is 32. The SMILES string of the molecule is CCCCCCCCCCCCc1c(O)c(=O)c(=O)c1=O.CCCCCCCCCCCCc1c(O)c(=O)c1=O.CCCCCCCCCCCCc1c(O)c1=O.Cc1c(O)c(=O)c(=O)c1=O.Cc1c(O)c(=O)c1=O.Cc1c(O)c(=O)c1=O.Cc1c(O)c1=O.Cc1c(O)c1=O.O=c1c(O)c(C(F)(F)F)c(=O)c1=O.O=c1c(O)c(C(F)(F)F)c1=O.O=c1c(O)c1C(F)(F)F. The van der Waals surface area contributed by atoms with E-state index < -0.39 is 162 Å². The fourth-order valence-corrected chi connectivity index (χ4v) is 11.3. The van der Waals surface area contributed by atoms with Crippen LogP contribution in [0.5, 0.6) is 63.2 Å². The quantitative estimate of drug-likeness (QED) is 0.0108. The van der Waals surface area contributed by atoms with E-state index in [1.807, 2.05) is 0 Å². The lowest BCUT2D eigenvalue weighted by Crippen LogP contribution is -2.38. The molecule has 0 heterocycles. The fourth-order valence-electron chi connectivity index (χ4n) is 11.3. The van der Waals surface area contributed by atoms with Gasteiger partial charge in [0.05, 0.1) is 0 Å². The van der Waals surface area contributed by atoms with Crippen molar-refractivity contribution < 1.29 is 95.7 Å². The van der Waals surface area contributed by atoms with E-state index >= 15 is 0 Å². The highest BCUT2D eigenvalue weighted by Crippen LogP contribution is 2.37. The van der Waals surface area contributed by atoms with Crippen LogP contribution < -0.4 is 114 Å². The Kier molecular flexibility index (Phi) is 46.5. The smallest absolute Gasteiger partial charge is 0.424 e. The summed E-state index contributed by atoms with van der Waals surface area (Å²) >= 11 is 0. The van der Waals surface area contributed by atoms with Gasteiger partial charge in [-0.05, 0) is 73.1 Å². The Labute approximate surface area is 717 Å². The van der Waals surface area contributed by atoms with Crippen molar-refractivity contribution in [3.63, 3.8) is 0 Å². The maximum atomic E-state index is 11.9. The van der Waals surface area contributed by atoms with Crippen molar-refractivity contribution in [1.82, 2.24) is 0 Å². The molecule has 0 aromatic heterocycles. The van der Waals surface area contributed by atoms with Crippen molar-refractivity contribution in [2.24, 2.45) is 0 Å². The number of hydrogen-bond donors (Lipinski definition) is 11. The van der Waals surface area contributed by atoms with Crippen LogP contribution in [-0.4, -0.2) is 56.2 Å². The average Bonchev–Trinajstić information content (AvgIpc) is 0.879. The summed E-state index contributed by atoms with van der Waals surface area (Å²) in [6.07, 6.45) is 24.1. The molecule has 0 saturated heterocycles. The second-order valence-corrected chi connectivity index (χ2v) is 29.7. The van der Waals surface area contributed by atoms with Gasteiger partial charge in [-0.15, -0.1) is 0 Å². The van der Waals surface area contributed by atoms with Gasteiger partial charge in [0.1, 0.15) is 0 Å². The highest BCUT2D eigenvalue weighted by atomic mass is 19.4. The molecular formula is C87H101F9O32. The first-order valence-corrected chi connectivity index (χ1v) is 40.6. The molecule has 41 heteroatoms. The van der Waals surface area contributed by atoms with Gasteiger partial charge in [0, 0.05) is 44.5 Å². The van der Waals surface area contributed by atoms with E-state index in [1.165, 1.54) is 175 Å². The van der Waals surface area contributed by atoms with Crippen LogP contribution in [0, 0.1) is 34.6 Å². The van der Waals surface area contributed by atoms with Crippen molar-refractivity contribution >= 4 is 0 Å². The van der Waals surface area contributed by atoms with Crippen LogP contribution in [0.2, 0.25) is 0 Å². The maximum absolute atomic E-state index is 11.9. The van der Waals surface area contributed by atoms with Crippen LogP contribution in [-0.2, 0) is 37.8 Å². The minimum Gasteiger partial charge on any atom is -0.504 e. The van der Waals surface area contributed by atoms with E-state index in [0.29, 0.717) is 35.1 Å². The van der Waals surface area contributed by atoms with Gasteiger partial charge in [-0.25, -0.2) is 0 Å². The number of alkyl halides is 9. The second-order valence-electron chi connectivity index (χ2n) is 29.7. The summed E-state index contributed by atoms with van der Waals surface area (Å²) in [5.41, 5.74) is -23.5. The standard InChI is InChI=1S/C17H26O4.C16H26O3.C15H26O2.C6HF3O4.C6H4O4.C5HF3O3.2C5H4O3.C4HF3O2.2C4H4O2/c1-2-3-4-5-6-7-8-9-10-11-12-13-14(18)16(20)17(21)15(13)19;1-2-3-4-5-6-7-8-9-10-11-12-13-14(17)16(19)15(13)18;1-2-3-4-5-6-7-8-9-10-11-12-13-14(16)15(13)17;7-6(8,9)1-2(10)4(12)5(13)3(1)11;1-2-3(7)5(9)6(10)4(2)8;6-5(7,8)1-2(9)4(11)3(1)10;2*1-2-3(6)5(8)4(2)7;5-4(6,7)1-2(8)3(1)9;2*1-2-3(5)4(2)6/h18H,2-12H2,1H3;17H,2-12H2,1H3;16H,2-12H2,1H3;10H;7H,1H3;9H;2*6H,1H3;8H;2*5H,1H3. The predicted octanol–water partition coefficient (Wildman–Crippen LogP) is 7.50.